The van der Waals surface area contributed by atoms with Gasteiger partial charge >= 0.3 is 0 Å². The second-order valence-electron chi connectivity index (χ2n) is 6.74. The molecule has 2 aromatic carbocycles. The summed E-state index contributed by atoms with van der Waals surface area (Å²) in [5.74, 6) is 0.785. The molecule has 2 amide bonds. The molecule has 0 saturated carbocycles. The van der Waals surface area contributed by atoms with Gasteiger partial charge in [-0.25, -0.2) is 0 Å². The molecule has 6 nitrogen and oxygen atoms in total. The molecule has 0 atom stereocenters. The fourth-order valence-electron chi connectivity index (χ4n) is 2.47. The molecular formula is C21H25ClN2O4. The van der Waals surface area contributed by atoms with Crippen molar-refractivity contribution in [1.82, 2.24) is 0 Å². The lowest BCUT2D eigenvalue weighted by Gasteiger charge is -2.15. The number of rotatable bonds is 8. The maximum Gasteiger partial charge on any atom is 0.255 e. The zero-order valence-corrected chi connectivity index (χ0v) is 17.2. The first kappa shape index (κ1) is 21.6. The third-order valence-corrected chi connectivity index (χ3v) is 4.15. The van der Waals surface area contributed by atoms with Crippen molar-refractivity contribution in [3.05, 3.63) is 47.0 Å². The molecule has 150 valence electrons. The van der Waals surface area contributed by atoms with Gasteiger partial charge in [-0.05, 0) is 42.7 Å². The van der Waals surface area contributed by atoms with Gasteiger partial charge in [-0.15, -0.1) is 0 Å². The molecule has 7 heteroatoms. The van der Waals surface area contributed by atoms with Crippen molar-refractivity contribution in [3.8, 4) is 11.5 Å². The number of benzene rings is 2. The Morgan fingerprint density at radius 1 is 1.11 bits per heavy atom. The number of ether oxygens (including phenoxy) is 2. The van der Waals surface area contributed by atoms with Gasteiger partial charge < -0.3 is 20.1 Å². The fourth-order valence-corrected chi connectivity index (χ4v) is 2.73. The van der Waals surface area contributed by atoms with Gasteiger partial charge in [-0.2, -0.15) is 0 Å². The van der Waals surface area contributed by atoms with Gasteiger partial charge in [0, 0.05) is 23.9 Å². The quantitative estimate of drug-likeness (QED) is 0.650. The lowest BCUT2D eigenvalue weighted by molar-refractivity contribution is -0.114. The van der Waals surface area contributed by atoms with Crippen LogP contribution in [0.5, 0.6) is 11.5 Å². The van der Waals surface area contributed by atoms with Gasteiger partial charge in [0.05, 0.1) is 18.7 Å². The second-order valence-corrected chi connectivity index (χ2v) is 7.14. The van der Waals surface area contributed by atoms with E-state index in [1.807, 2.05) is 0 Å². The van der Waals surface area contributed by atoms with Gasteiger partial charge in [-0.3, -0.25) is 9.59 Å². The standard InChI is InChI=1S/C21H25ClN2O4/c1-13(2)8-9-28-20-18(22)10-15(11-19(20)27-4)21(26)24-17-7-5-6-16(12-17)23-14(3)25/h5-7,10-13H,8-9H2,1-4H3,(H,23,25)(H,24,26). The van der Waals surface area contributed by atoms with Crippen LogP contribution in [0, 0.1) is 5.92 Å². The van der Waals surface area contributed by atoms with E-state index >= 15 is 0 Å². The number of halogens is 1. The molecule has 0 aliphatic rings. The normalized spacial score (nSPS) is 10.5. The Morgan fingerprint density at radius 2 is 1.79 bits per heavy atom. The molecule has 0 radical (unpaired) electrons. The van der Waals surface area contributed by atoms with E-state index in [4.69, 9.17) is 21.1 Å². The first-order valence-electron chi connectivity index (χ1n) is 8.99. The summed E-state index contributed by atoms with van der Waals surface area (Å²) >= 11 is 6.33. The number of amides is 2. The van der Waals surface area contributed by atoms with Crippen LogP contribution in [0.15, 0.2) is 36.4 Å². The van der Waals surface area contributed by atoms with Gasteiger partial charge in [-0.1, -0.05) is 31.5 Å². The van der Waals surface area contributed by atoms with Crippen LogP contribution in [-0.4, -0.2) is 25.5 Å². The van der Waals surface area contributed by atoms with Crippen molar-refractivity contribution in [2.24, 2.45) is 5.92 Å². The molecule has 28 heavy (non-hydrogen) atoms. The Morgan fingerprint density at radius 3 is 2.39 bits per heavy atom. The molecule has 0 aromatic heterocycles. The molecule has 0 saturated heterocycles. The lowest BCUT2D eigenvalue weighted by Crippen LogP contribution is -2.13. The van der Waals surface area contributed by atoms with Crippen molar-refractivity contribution < 1.29 is 19.1 Å². The maximum absolute atomic E-state index is 12.6. The molecule has 0 bridgehead atoms. The zero-order chi connectivity index (χ0) is 20.7. The van der Waals surface area contributed by atoms with Crippen LogP contribution >= 0.6 is 11.6 Å². The van der Waals surface area contributed by atoms with Crippen LogP contribution < -0.4 is 20.1 Å². The van der Waals surface area contributed by atoms with E-state index in [9.17, 15) is 9.59 Å². The maximum atomic E-state index is 12.6. The van der Waals surface area contributed by atoms with Gasteiger partial charge in [0.25, 0.3) is 5.91 Å². The van der Waals surface area contributed by atoms with Crippen molar-refractivity contribution >= 4 is 34.8 Å². The lowest BCUT2D eigenvalue weighted by atomic mass is 10.1. The number of hydrogen-bond acceptors (Lipinski definition) is 4. The minimum atomic E-state index is -0.353. The van der Waals surface area contributed by atoms with E-state index in [2.05, 4.69) is 24.5 Å². The van der Waals surface area contributed by atoms with E-state index in [-0.39, 0.29) is 11.8 Å². The number of carbonyl (C=O) groups excluding carboxylic acids is 2. The molecule has 0 unspecified atom stereocenters. The van der Waals surface area contributed by atoms with Crippen LogP contribution in [0.1, 0.15) is 37.6 Å². The zero-order valence-electron chi connectivity index (χ0n) is 16.5. The summed E-state index contributed by atoms with van der Waals surface area (Å²) in [6.07, 6.45) is 0.881. The van der Waals surface area contributed by atoms with Crippen molar-refractivity contribution in [2.45, 2.75) is 27.2 Å². The Hall–Kier alpha value is -2.73. The van der Waals surface area contributed by atoms with Crippen LogP contribution in [0.4, 0.5) is 11.4 Å². The number of nitrogens with one attached hydrogen (secondary N) is 2. The molecular weight excluding hydrogens is 380 g/mol. The summed E-state index contributed by atoms with van der Waals surface area (Å²) in [4.78, 5) is 23.8. The predicted molar refractivity (Wildman–Crippen MR) is 112 cm³/mol. The van der Waals surface area contributed by atoms with Crippen LogP contribution in [0.2, 0.25) is 5.02 Å². The molecule has 0 aliphatic carbocycles. The molecule has 2 N–H and O–H groups in total. The summed E-state index contributed by atoms with van der Waals surface area (Å²) in [6, 6.07) is 10.00. The molecule has 0 fully saturated rings. The highest BCUT2D eigenvalue weighted by atomic mass is 35.5. The minimum Gasteiger partial charge on any atom is -0.493 e. The Bertz CT molecular complexity index is 852. The first-order valence-corrected chi connectivity index (χ1v) is 9.37. The van der Waals surface area contributed by atoms with E-state index in [1.165, 1.54) is 14.0 Å². The molecule has 0 spiro atoms. The van der Waals surface area contributed by atoms with E-state index in [1.54, 1.807) is 36.4 Å². The van der Waals surface area contributed by atoms with Gasteiger partial charge in [0.15, 0.2) is 11.5 Å². The summed E-state index contributed by atoms with van der Waals surface area (Å²) in [5, 5.41) is 5.76. The van der Waals surface area contributed by atoms with Crippen molar-refractivity contribution in [1.29, 1.82) is 0 Å². The van der Waals surface area contributed by atoms with Crippen LogP contribution in [-0.2, 0) is 4.79 Å². The smallest absolute Gasteiger partial charge is 0.255 e. The monoisotopic (exact) mass is 404 g/mol. The van der Waals surface area contributed by atoms with Crippen molar-refractivity contribution in [2.75, 3.05) is 24.4 Å². The van der Waals surface area contributed by atoms with Gasteiger partial charge in [0.1, 0.15) is 0 Å². The topological polar surface area (TPSA) is 76.7 Å². The number of hydrogen-bond donors (Lipinski definition) is 2. The van der Waals surface area contributed by atoms with E-state index < -0.39 is 0 Å². The summed E-state index contributed by atoms with van der Waals surface area (Å²) in [7, 11) is 1.50. The number of anilines is 2. The summed E-state index contributed by atoms with van der Waals surface area (Å²) in [6.45, 7) is 6.15. The largest absolute Gasteiger partial charge is 0.493 e. The average Bonchev–Trinajstić information content (AvgIpc) is 2.62. The fraction of sp³-hybridized carbons (Fsp3) is 0.333. The predicted octanol–water partition coefficient (Wildman–Crippen LogP) is 4.98. The van der Waals surface area contributed by atoms with E-state index in [0.29, 0.717) is 46.0 Å². The number of methoxy groups -OCH3 is 1. The third-order valence-electron chi connectivity index (χ3n) is 3.87. The highest BCUT2D eigenvalue weighted by Gasteiger charge is 2.16. The molecule has 2 aromatic rings. The Kier molecular flexibility index (Phi) is 7.70. The average molecular weight is 405 g/mol. The first-order chi connectivity index (χ1) is 13.3. The van der Waals surface area contributed by atoms with E-state index in [0.717, 1.165) is 6.42 Å². The number of carbonyl (C=O) groups is 2. The SMILES string of the molecule is COc1cc(C(=O)Nc2cccc(NC(C)=O)c2)cc(Cl)c1OCCC(C)C. The highest BCUT2D eigenvalue weighted by Crippen LogP contribution is 2.37. The third kappa shape index (κ3) is 6.16. The van der Waals surface area contributed by atoms with Crippen LogP contribution in [0.25, 0.3) is 0 Å². The molecule has 2 rings (SSSR count). The molecule has 0 aliphatic heterocycles. The van der Waals surface area contributed by atoms with Gasteiger partial charge in [0.2, 0.25) is 5.91 Å². The summed E-state index contributed by atoms with van der Waals surface area (Å²) < 4.78 is 11.1. The van der Waals surface area contributed by atoms with Crippen molar-refractivity contribution in [3.63, 3.8) is 0 Å². The Balaban J connectivity index is 2.17. The van der Waals surface area contributed by atoms with Crippen LogP contribution in [0.3, 0.4) is 0 Å². The molecule has 0 heterocycles. The second kappa shape index (κ2) is 9.99. The highest BCUT2D eigenvalue weighted by molar-refractivity contribution is 6.32. The Labute approximate surface area is 170 Å². The summed E-state index contributed by atoms with van der Waals surface area (Å²) in [5.41, 5.74) is 1.47. The minimum absolute atomic E-state index is 0.187.